The van der Waals surface area contributed by atoms with Gasteiger partial charge in [0, 0.05) is 18.3 Å². The molecule has 0 unspecified atom stereocenters. The van der Waals surface area contributed by atoms with E-state index in [-0.39, 0.29) is 0 Å². The van der Waals surface area contributed by atoms with E-state index in [1.54, 1.807) is 7.11 Å². The molecule has 0 atom stereocenters. The number of aromatic nitrogens is 2. The van der Waals surface area contributed by atoms with Crippen LogP contribution < -0.4 is 10.1 Å². The lowest BCUT2D eigenvalue weighted by Gasteiger charge is -2.19. The molecule has 4 nitrogen and oxygen atoms in total. The maximum atomic E-state index is 6.34. The summed E-state index contributed by atoms with van der Waals surface area (Å²) in [6, 6.07) is 5.58. The Labute approximate surface area is 129 Å². The minimum Gasteiger partial charge on any atom is -0.496 e. The Morgan fingerprint density at radius 1 is 1.19 bits per heavy atom. The van der Waals surface area contributed by atoms with Crippen molar-refractivity contribution in [2.45, 2.75) is 25.7 Å². The van der Waals surface area contributed by atoms with Crippen LogP contribution in [0.15, 0.2) is 18.2 Å². The number of hydrogen-bond acceptors (Lipinski definition) is 4. The summed E-state index contributed by atoms with van der Waals surface area (Å²) >= 11 is 6.34. The fourth-order valence-corrected chi connectivity index (χ4v) is 3.05. The molecule has 2 aromatic rings. The first kappa shape index (κ1) is 14.1. The van der Waals surface area contributed by atoms with Crippen molar-refractivity contribution < 1.29 is 4.74 Å². The maximum Gasteiger partial charge on any atom is 0.167 e. The molecule has 1 heterocycles. The molecule has 0 radical (unpaired) electrons. The second kappa shape index (κ2) is 5.90. The van der Waals surface area contributed by atoms with Gasteiger partial charge in [0.05, 0.1) is 17.7 Å². The SMILES string of the molecule is CNc1nc(-c2c(Cl)cccc2OC)nc2c1CCCC2. The first-order valence-corrected chi connectivity index (χ1v) is 7.52. The van der Waals surface area contributed by atoms with Crippen LogP contribution in [0.1, 0.15) is 24.1 Å². The molecule has 0 fully saturated rings. The van der Waals surface area contributed by atoms with E-state index in [9.17, 15) is 0 Å². The highest BCUT2D eigenvalue weighted by molar-refractivity contribution is 6.33. The van der Waals surface area contributed by atoms with Crippen LogP contribution in [0.4, 0.5) is 5.82 Å². The number of halogens is 1. The minimum absolute atomic E-state index is 0.604. The average Bonchev–Trinajstić information content (AvgIpc) is 2.53. The molecular weight excluding hydrogens is 286 g/mol. The van der Waals surface area contributed by atoms with Crippen molar-refractivity contribution in [1.29, 1.82) is 0 Å². The molecule has 1 aliphatic rings. The van der Waals surface area contributed by atoms with Gasteiger partial charge in [0.15, 0.2) is 5.82 Å². The Hall–Kier alpha value is -1.81. The van der Waals surface area contributed by atoms with E-state index in [0.717, 1.165) is 29.9 Å². The second-order valence-corrected chi connectivity index (χ2v) is 5.50. The topological polar surface area (TPSA) is 47.0 Å². The van der Waals surface area contributed by atoms with E-state index in [2.05, 4.69) is 10.3 Å². The highest BCUT2D eigenvalue weighted by atomic mass is 35.5. The molecule has 1 aliphatic carbocycles. The van der Waals surface area contributed by atoms with Gasteiger partial charge >= 0.3 is 0 Å². The van der Waals surface area contributed by atoms with Crippen LogP contribution in [-0.4, -0.2) is 24.1 Å². The summed E-state index contributed by atoms with van der Waals surface area (Å²) in [5.41, 5.74) is 3.11. The Bertz CT molecular complexity index is 656. The molecule has 110 valence electrons. The maximum absolute atomic E-state index is 6.34. The van der Waals surface area contributed by atoms with Gasteiger partial charge in [-0.15, -0.1) is 0 Å². The van der Waals surface area contributed by atoms with Gasteiger partial charge in [-0.2, -0.15) is 0 Å². The molecule has 0 aliphatic heterocycles. The van der Waals surface area contributed by atoms with Gasteiger partial charge in [0.2, 0.25) is 0 Å². The molecule has 0 amide bonds. The minimum atomic E-state index is 0.604. The number of methoxy groups -OCH3 is 1. The van der Waals surface area contributed by atoms with Crippen LogP contribution in [-0.2, 0) is 12.8 Å². The largest absolute Gasteiger partial charge is 0.496 e. The number of rotatable bonds is 3. The fourth-order valence-electron chi connectivity index (χ4n) is 2.80. The number of nitrogens with one attached hydrogen (secondary N) is 1. The summed E-state index contributed by atoms with van der Waals surface area (Å²) in [6.07, 6.45) is 4.39. The molecule has 0 saturated heterocycles. The summed E-state index contributed by atoms with van der Waals surface area (Å²) in [6.45, 7) is 0. The Morgan fingerprint density at radius 3 is 2.76 bits per heavy atom. The monoisotopic (exact) mass is 303 g/mol. The lowest BCUT2D eigenvalue weighted by Crippen LogP contribution is -2.12. The summed E-state index contributed by atoms with van der Waals surface area (Å²) < 4.78 is 5.41. The van der Waals surface area contributed by atoms with Gasteiger partial charge in [0.25, 0.3) is 0 Å². The zero-order valence-corrected chi connectivity index (χ0v) is 13.0. The summed E-state index contributed by atoms with van der Waals surface area (Å²) in [5.74, 6) is 2.22. The van der Waals surface area contributed by atoms with Crippen LogP contribution >= 0.6 is 11.6 Å². The number of fused-ring (bicyclic) bond motifs is 1. The van der Waals surface area contributed by atoms with Gasteiger partial charge in [-0.05, 0) is 37.8 Å². The number of aryl methyl sites for hydroxylation is 1. The van der Waals surface area contributed by atoms with Crippen molar-refractivity contribution >= 4 is 17.4 Å². The van der Waals surface area contributed by atoms with Crippen molar-refractivity contribution in [3.05, 3.63) is 34.5 Å². The predicted octanol–water partition coefficient (Wildman–Crippen LogP) is 3.73. The number of nitrogens with zero attached hydrogens (tertiary/aromatic N) is 2. The van der Waals surface area contributed by atoms with Crippen molar-refractivity contribution in [2.24, 2.45) is 0 Å². The van der Waals surface area contributed by atoms with Crippen LogP contribution in [0.25, 0.3) is 11.4 Å². The average molecular weight is 304 g/mol. The molecule has 1 aromatic carbocycles. The van der Waals surface area contributed by atoms with Gasteiger partial charge in [0.1, 0.15) is 11.6 Å². The molecule has 3 rings (SSSR count). The normalized spacial score (nSPS) is 13.7. The summed E-state index contributed by atoms with van der Waals surface area (Å²) in [7, 11) is 3.53. The van der Waals surface area contributed by atoms with Crippen LogP contribution in [0, 0.1) is 0 Å². The van der Waals surface area contributed by atoms with E-state index < -0.39 is 0 Å². The Balaban J connectivity index is 2.20. The first-order chi connectivity index (χ1) is 10.2. The lowest BCUT2D eigenvalue weighted by molar-refractivity contribution is 0.416. The van der Waals surface area contributed by atoms with Crippen LogP contribution in [0.3, 0.4) is 0 Å². The van der Waals surface area contributed by atoms with Crippen molar-refractivity contribution in [1.82, 2.24) is 9.97 Å². The van der Waals surface area contributed by atoms with Crippen LogP contribution in [0.5, 0.6) is 5.75 Å². The third-order valence-corrected chi connectivity index (χ3v) is 4.15. The highest BCUT2D eigenvalue weighted by Gasteiger charge is 2.20. The van der Waals surface area contributed by atoms with Crippen molar-refractivity contribution in [3.8, 4) is 17.1 Å². The molecular formula is C16H18ClN3O. The Kier molecular flexibility index (Phi) is 3.97. The predicted molar refractivity (Wildman–Crippen MR) is 85.2 cm³/mol. The molecule has 1 N–H and O–H groups in total. The smallest absolute Gasteiger partial charge is 0.167 e. The van der Waals surface area contributed by atoms with E-state index in [1.165, 1.54) is 18.4 Å². The second-order valence-electron chi connectivity index (χ2n) is 5.10. The van der Waals surface area contributed by atoms with E-state index >= 15 is 0 Å². The quantitative estimate of drug-likeness (QED) is 0.938. The summed E-state index contributed by atoms with van der Waals surface area (Å²) in [5, 5.41) is 3.79. The number of hydrogen-bond donors (Lipinski definition) is 1. The first-order valence-electron chi connectivity index (χ1n) is 7.15. The van der Waals surface area contributed by atoms with Gasteiger partial charge in [-0.3, -0.25) is 0 Å². The lowest BCUT2D eigenvalue weighted by atomic mass is 9.96. The number of anilines is 1. The standard InChI is InChI=1S/C16H18ClN3O/c1-18-15-10-6-3-4-8-12(10)19-16(20-15)14-11(17)7-5-9-13(14)21-2/h5,7,9H,3-4,6,8H2,1-2H3,(H,18,19,20). The van der Waals surface area contributed by atoms with Gasteiger partial charge in [-0.1, -0.05) is 17.7 Å². The van der Waals surface area contributed by atoms with E-state index in [0.29, 0.717) is 16.6 Å². The van der Waals surface area contributed by atoms with Crippen molar-refractivity contribution in [2.75, 3.05) is 19.5 Å². The summed E-state index contributed by atoms with van der Waals surface area (Å²) in [4.78, 5) is 9.40. The molecule has 0 bridgehead atoms. The Morgan fingerprint density at radius 2 is 2.00 bits per heavy atom. The van der Waals surface area contributed by atoms with Crippen LogP contribution in [0.2, 0.25) is 5.02 Å². The molecule has 0 spiro atoms. The zero-order chi connectivity index (χ0) is 14.8. The third-order valence-electron chi connectivity index (χ3n) is 3.84. The molecule has 0 saturated carbocycles. The van der Waals surface area contributed by atoms with E-state index in [1.807, 2.05) is 25.2 Å². The van der Waals surface area contributed by atoms with Gasteiger partial charge < -0.3 is 10.1 Å². The number of benzene rings is 1. The van der Waals surface area contributed by atoms with Gasteiger partial charge in [-0.25, -0.2) is 9.97 Å². The molecule has 21 heavy (non-hydrogen) atoms. The highest BCUT2D eigenvalue weighted by Crippen LogP contribution is 2.36. The zero-order valence-electron chi connectivity index (χ0n) is 12.2. The third kappa shape index (κ3) is 2.56. The van der Waals surface area contributed by atoms with Crippen molar-refractivity contribution in [3.63, 3.8) is 0 Å². The fraction of sp³-hybridized carbons (Fsp3) is 0.375. The molecule has 1 aromatic heterocycles. The van der Waals surface area contributed by atoms with E-state index in [4.69, 9.17) is 21.3 Å². The molecule has 5 heteroatoms. The number of ether oxygens (including phenoxy) is 1.